The van der Waals surface area contributed by atoms with Gasteiger partial charge in [-0.15, -0.1) is 0 Å². The average Bonchev–Trinajstić information content (AvgIpc) is 2.95. The Kier molecular flexibility index (Phi) is 4.27. The fourth-order valence-corrected chi connectivity index (χ4v) is 2.91. The summed E-state index contributed by atoms with van der Waals surface area (Å²) in [4.78, 5) is 11.8. The molecule has 0 amide bonds. The van der Waals surface area contributed by atoms with Gasteiger partial charge >= 0.3 is 6.18 Å². The monoisotopic (exact) mass is 354 g/mol. The average molecular weight is 354 g/mol. The number of methoxy groups -OCH3 is 1. The summed E-state index contributed by atoms with van der Waals surface area (Å²) in [5, 5.41) is 0.687. The van der Waals surface area contributed by atoms with E-state index in [1.54, 1.807) is 19.3 Å². The minimum atomic E-state index is -4.36. The van der Waals surface area contributed by atoms with E-state index < -0.39 is 11.7 Å². The summed E-state index contributed by atoms with van der Waals surface area (Å²) in [7, 11) is 1.50. The Morgan fingerprint density at radius 1 is 1.29 bits per heavy atom. The van der Waals surface area contributed by atoms with Crippen LogP contribution in [0.2, 0.25) is 0 Å². The summed E-state index contributed by atoms with van der Waals surface area (Å²) < 4.78 is 46.5. The van der Waals surface area contributed by atoms with Crippen LogP contribution in [0.1, 0.15) is 11.4 Å². The number of benzene rings is 1. The van der Waals surface area contributed by atoms with Crippen molar-refractivity contribution in [2.24, 2.45) is 0 Å². The molecule has 24 heavy (non-hydrogen) atoms. The zero-order valence-corrected chi connectivity index (χ0v) is 13.5. The SMILES string of the molecule is COc1nc(C)ncc1NSc1c[nH]c2cc(C(F)(F)F)ccc12. The van der Waals surface area contributed by atoms with Crippen molar-refractivity contribution in [3.8, 4) is 5.88 Å². The molecule has 9 heteroatoms. The first-order chi connectivity index (χ1) is 11.4. The number of anilines is 1. The molecule has 2 aromatic heterocycles. The van der Waals surface area contributed by atoms with Crippen molar-refractivity contribution in [1.29, 1.82) is 0 Å². The van der Waals surface area contributed by atoms with Crippen LogP contribution < -0.4 is 9.46 Å². The lowest BCUT2D eigenvalue weighted by atomic mass is 10.1. The first-order valence-electron chi connectivity index (χ1n) is 6.87. The first-order valence-corrected chi connectivity index (χ1v) is 7.69. The molecular weight excluding hydrogens is 341 g/mol. The van der Waals surface area contributed by atoms with E-state index in [0.29, 0.717) is 28.3 Å². The van der Waals surface area contributed by atoms with Crippen LogP contribution in [0.3, 0.4) is 0 Å². The molecule has 0 aliphatic heterocycles. The number of hydrogen-bond acceptors (Lipinski definition) is 5. The highest BCUT2D eigenvalue weighted by atomic mass is 32.2. The van der Waals surface area contributed by atoms with Crippen LogP contribution in [-0.4, -0.2) is 22.1 Å². The van der Waals surface area contributed by atoms with E-state index in [1.165, 1.54) is 25.1 Å². The van der Waals surface area contributed by atoms with Gasteiger partial charge < -0.3 is 14.4 Å². The van der Waals surface area contributed by atoms with Gasteiger partial charge in [-0.3, -0.25) is 0 Å². The molecule has 0 fully saturated rings. The molecular formula is C15H13F3N4OS. The predicted molar refractivity (Wildman–Crippen MR) is 86.1 cm³/mol. The summed E-state index contributed by atoms with van der Waals surface area (Å²) >= 11 is 1.24. The minimum absolute atomic E-state index is 0.397. The second-order valence-electron chi connectivity index (χ2n) is 4.96. The second kappa shape index (κ2) is 6.23. The number of rotatable bonds is 4. The lowest BCUT2D eigenvalue weighted by molar-refractivity contribution is -0.137. The first kappa shape index (κ1) is 16.4. The van der Waals surface area contributed by atoms with E-state index in [4.69, 9.17) is 4.74 Å². The molecule has 0 aliphatic carbocycles. The molecule has 3 rings (SSSR count). The molecule has 3 aromatic rings. The Hall–Kier alpha value is -2.42. The quantitative estimate of drug-likeness (QED) is 0.680. The fraction of sp³-hybridized carbons (Fsp3) is 0.200. The number of aromatic nitrogens is 3. The summed E-state index contributed by atoms with van der Waals surface area (Å²) in [6.07, 6.45) is -1.13. The number of nitrogens with zero attached hydrogens (tertiary/aromatic N) is 2. The molecule has 0 unspecified atom stereocenters. The maximum Gasteiger partial charge on any atom is 0.416 e. The largest absolute Gasteiger partial charge is 0.479 e. The third-order valence-corrected chi connectivity index (χ3v) is 4.19. The van der Waals surface area contributed by atoms with Crippen LogP contribution in [0.4, 0.5) is 18.9 Å². The Morgan fingerprint density at radius 3 is 2.79 bits per heavy atom. The van der Waals surface area contributed by atoms with Crippen LogP contribution in [0.15, 0.2) is 35.5 Å². The zero-order chi connectivity index (χ0) is 17.3. The number of H-pyrrole nitrogens is 1. The van der Waals surface area contributed by atoms with Gasteiger partial charge in [0.1, 0.15) is 11.5 Å². The predicted octanol–water partition coefficient (Wildman–Crippen LogP) is 4.41. The standard InChI is InChI=1S/C15H13F3N4OS/c1-8-19-6-12(14(21-8)23-2)22-24-13-7-20-11-5-9(15(16,17)18)3-4-10(11)13/h3-7,20,22H,1-2H3. The molecule has 0 radical (unpaired) electrons. The highest BCUT2D eigenvalue weighted by Gasteiger charge is 2.30. The number of hydrogen-bond donors (Lipinski definition) is 2. The highest BCUT2D eigenvalue weighted by Crippen LogP contribution is 2.35. The van der Waals surface area contributed by atoms with Gasteiger partial charge in [-0.05, 0) is 31.0 Å². The lowest BCUT2D eigenvalue weighted by Crippen LogP contribution is -2.04. The Bertz CT molecular complexity index is 879. The number of alkyl halides is 3. The zero-order valence-electron chi connectivity index (χ0n) is 12.7. The number of nitrogens with one attached hydrogen (secondary N) is 2. The summed E-state index contributed by atoms with van der Waals surface area (Å²) in [5.41, 5.74) is 0.311. The van der Waals surface area contributed by atoms with Crippen molar-refractivity contribution in [2.45, 2.75) is 18.0 Å². The molecule has 0 bridgehead atoms. The van der Waals surface area contributed by atoms with Gasteiger partial charge in [-0.2, -0.15) is 18.2 Å². The molecule has 0 aliphatic rings. The van der Waals surface area contributed by atoms with E-state index in [0.717, 1.165) is 17.0 Å². The lowest BCUT2D eigenvalue weighted by Gasteiger charge is -2.09. The Morgan fingerprint density at radius 2 is 2.08 bits per heavy atom. The van der Waals surface area contributed by atoms with Crippen molar-refractivity contribution in [3.63, 3.8) is 0 Å². The van der Waals surface area contributed by atoms with Crippen LogP contribution >= 0.6 is 11.9 Å². The second-order valence-corrected chi connectivity index (χ2v) is 5.80. The van der Waals surface area contributed by atoms with E-state index in [9.17, 15) is 13.2 Å². The summed E-state index contributed by atoms with van der Waals surface area (Å²) in [6.45, 7) is 1.75. The van der Waals surface area contributed by atoms with E-state index in [1.807, 2.05) is 0 Å². The van der Waals surface area contributed by atoms with Gasteiger partial charge in [0.2, 0.25) is 5.88 Å². The van der Waals surface area contributed by atoms with Crippen LogP contribution in [0, 0.1) is 6.92 Å². The number of ether oxygens (including phenoxy) is 1. The molecule has 2 heterocycles. The van der Waals surface area contributed by atoms with Gasteiger partial charge in [-0.25, -0.2) is 4.98 Å². The molecule has 1 aromatic carbocycles. The molecule has 0 saturated carbocycles. The molecule has 126 valence electrons. The minimum Gasteiger partial charge on any atom is -0.479 e. The Labute approximate surface area is 139 Å². The van der Waals surface area contributed by atoms with Crippen LogP contribution in [0.5, 0.6) is 5.88 Å². The van der Waals surface area contributed by atoms with Crippen LogP contribution in [-0.2, 0) is 6.18 Å². The molecule has 2 N–H and O–H groups in total. The Balaban J connectivity index is 1.84. The molecule has 0 spiro atoms. The normalized spacial score (nSPS) is 11.7. The summed E-state index contributed by atoms with van der Waals surface area (Å²) in [5.74, 6) is 0.975. The smallest absolute Gasteiger partial charge is 0.416 e. The highest BCUT2D eigenvalue weighted by molar-refractivity contribution is 8.00. The molecule has 0 saturated heterocycles. The number of aromatic amines is 1. The van der Waals surface area contributed by atoms with Crippen molar-refractivity contribution >= 4 is 28.5 Å². The van der Waals surface area contributed by atoms with E-state index in [2.05, 4.69) is 19.7 Å². The number of halogens is 3. The van der Waals surface area contributed by atoms with Crippen LogP contribution in [0.25, 0.3) is 10.9 Å². The van der Waals surface area contributed by atoms with Gasteiger partial charge in [0.15, 0.2) is 0 Å². The fourth-order valence-electron chi connectivity index (χ4n) is 2.15. The van der Waals surface area contributed by atoms with Gasteiger partial charge in [0.05, 0.1) is 23.8 Å². The maximum atomic E-state index is 12.7. The number of aryl methyl sites for hydroxylation is 1. The maximum absolute atomic E-state index is 12.7. The molecule has 0 atom stereocenters. The third kappa shape index (κ3) is 3.25. The summed E-state index contributed by atoms with van der Waals surface area (Å²) in [6, 6.07) is 3.60. The van der Waals surface area contributed by atoms with Gasteiger partial charge in [0.25, 0.3) is 0 Å². The van der Waals surface area contributed by atoms with Crippen molar-refractivity contribution < 1.29 is 17.9 Å². The van der Waals surface area contributed by atoms with Gasteiger partial charge in [0, 0.05) is 17.1 Å². The van der Waals surface area contributed by atoms with Gasteiger partial charge in [-0.1, -0.05) is 6.07 Å². The third-order valence-electron chi connectivity index (χ3n) is 3.31. The topological polar surface area (TPSA) is 62.8 Å². The molecule has 5 nitrogen and oxygen atoms in total. The van der Waals surface area contributed by atoms with E-state index in [-0.39, 0.29) is 0 Å². The number of fused-ring (bicyclic) bond motifs is 1. The van der Waals surface area contributed by atoms with Crippen molar-refractivity contribution in [1.82, 2.24) is 15.0 Å². The van der Waals surface area contributed by atoms with E-state index >= 15 is 0 Å². The van der Waals surface area contributed by atoms with Crippen molar-refractivity contribution in [2.75, 3.05) is 11.8 Å². The van der Waals surface area contributed by atoms with Crippen molar-refractivity contribution in [3.05, 3.63) is 42.0 Å².